The van der Waals surface area contributed by atoms with Crippen LogP contribution in [0.4, 0.5) is 19.0 Å². The van der Waals surface area contributed by atoms with Gasteiger partial charge in [-0.15, -0.1) is 0 Å². The van der Waals surface area contributed by atoms with E-state index in [4.69, 9.17) is 0 Å². The number of alkyl halides is 3. The molecular weight excluding hydrogens is 391 g/mol. The Kier molecular flexibility index (Phi) is 5.94. The van der Waals surface area contributed by atoms with Gasteiger partial charge in [0.1, 0.15) is 5.82 Å². The van der Waals surface area contributed by atoms with Gasteiger partial charge < -0.3 is 4.90 Å². The molecule has 0 spiro atoms. The van der Waals surface area contributed by atoms with Crippen LogP contribution in [0.5, 0.6) is 0 Å². The van der Waals surface area contributed by atoms with Crippen molar-refractivity contribution in [1.82, 2.24) is 19.9 Å². The minimum absolute atomic E-state index is 0.0626. The molecule has 5 nitrogen and oxygen atoms in total. The van der Waals surface area contributed by atoms with Crippen LogP contribution in [0.1, 0.15) is 17.7 Å². The molecule has 4 rings (SSSR count). The normalized spacial score (nSPS) is 15.8. The lowest BCUT2D eigenvalue weighted by atomic mass is 10.2. The summed E-state index contributed by atoms with van der Waals surface area (Å²) in [5.41, 5.74) is 0.815. The molecule has 2 aromatic heterocycles. The topological polar surface area (TPSA) is 45.2 Å². The highest BCUT2D eigenvalue weighted by atomic mass is 19.4. The van der Waals surface area contributed by atoms with Crippen LogP contribution in [0.15, 0.2) is 60.9 Å². The van der Waals surface area contributed by atoms with Gasteiger partial charge in [0.25, 0.3) is 0 Å². The van der Waals surface area contributed by atoms with E-state index in [-0.39, 0.29) is 5.82 Å². The molecule has 0 aliphatic carbocycles. The predicted octanol–water partition coefficient (Wildman–Crippen LogP) is 4.27. The van der Waals surface area contributed by atoms with E-state index in [0.717, 1.165) is 32.1 Å². The first-order valence-corrected chi connectivity index (χ1v) is 9.87. The van der Waals surface area contributed by atoms with E-state index in [9.17, 15) is 13.2 Å². The minimum Gasteiger partial charge on any atom is -0.355 e. The molecule has 1 aliphatic rings. The van der Waals surface area contributed by atoms with Crippen LogP contribution in [0.25, 0.3) is 11.4 Å². The molecule has 0 atom stereocenters. The Morgan fingerprint density at radius 3 is 2.37 bits per heavy atom. The Bertz CT molecular complexity index is 964. The first-order valence-electron chi connectivity index (χ1n) is 9.87. The fourth-order valence-electron chi connectivity index (χ4n) is 3.57. The van der Waals surface area contributed by atoms with Crippen LogP contribution in [0.3, 0.4) is 0 Å². The van der Waals surface area contributed by atoms with E-state index in [0.29, 0.717) is 24.5 Å². The number of benzene rings is 1. The van der Waals surface area contributed by atoms with Gasteiger partial charge in [0, 0.05) is 56.7 Å². The van der Waals surface area contributed by atoms with Crippen molar-refractivity contribution in [2.24, 2.45) is 0 Å². The zero-order valence-electron chi connectivity index (χ0n) is 16.4. The molecule has 8 heteroatoms. The third kappa shape index (κ3) is 4.94. The van der Waals surface area contributed by atoms with Crippen molar-refractivity contribution >= 4 is 5.82 Å². The van der Waals surface area contributed by atoms with Gasteiger partial charge >= 0.3 is 6.18 Å². The molecule has 1 saturated heterocycles. The number of hydrogen-bond acceptors (Lipinski definition) is 5. The monoisotopic (exact) mass is 413 g/mol. The maximum absolute atomic E-state index is 13.5. The van der Waals surface area contributed by atoms with Gasteiger partial charge in [0.15, 0.2) is 11.5 Å². The maximum atomic E-state index is 13.5. The van der Waals surface area contributed by atoms with E-state index < -0.39 is 11.9 Å². The summed E-state index contributed by atoms with van der Waals surface area (Å²) in [6.45, 7) is 3.73. The number of aromatic nitrogens is 3. The van der Waals surface area contributed by atoms with Gasteiger partial charge in [-0.25, -0.2) is 9.97 Å². The summed E-state index contributed by atoms with van der Waals surface area (Å²) in [5.74, 6) is 0.373. The average molecular weight is 413 g/mol. The molecule has 3 heterocycles. The van der Waals surface area contributed by atoms with Crippen molar-refractivity contribution in [3.8, 4) is 11.4 Å². The van der Waals surface area contributed by atoms with Gasteiger partial charge in [-0.3, -0.25) is 9.88 Å². The summed E-state index contributed by atoms with van der Waals surface area (Å²) in [6.07, 6.45) is -0.647. The Hall–Kier alpha value is -3.00. The third-order valence-corrected chi connectivity index (χ3v) is 5.10. The molecule has 0 bridgehead atoms. The Morgan fingerprint density at radius 2 is 1.63 bits per heavy atom. The van der Waals surface area contributed by atoms with Crippen LogP contribution in [-0.2, 0) is 12.7 Å². The lowest BCUT2D eigenvalue weighted by molar-refractivity contribution is -0.141. The second-order valence-electron chi connectivity index (χ2n) is 7.27. The number of rotatable bonds is 4. The van der Waals surface area contributed by atoms with Gasteiger partial charge in [0.05, 0.1) is 0 Å². The summed E-state index contributed by atoms with van der Waals surface area (Å²) in [7, 11) is 0. The maximum Gasteiger partial charge on any atom is 0.433 e. The van der Waals surface area contributed by atoms with Crippen LogP contribution >= 0.6 is 0 Å². The second-order valence-corrected chi connectivity index (χ2v) is 7.27. The number of halogens is 3. The van der Waals surface area contributed by atoms with Crippen molar-refractivity contribution < 1.29 is 13.2 Å². The minimum atomic E-state index is -4.54. The second kappa shape index (κ2) is 8.79. The summed E-state index contributed by atoms with van der Waals surface area (Å²) in [5, 5.41) is 0. The lowest BCUT2D eigenvalue weighted by Gasteiger charge is -2.24. The van der Waals surface area contributed by atoms with E-state index in [1.807, 2.05) is 23.1 Å². The SMILES string of the molecule is FC(F)(F)c1cc(N2CCCN(Cc3ccccc3)CC2)nc(-c2ccncc2)n1. The molecule has 30 heavy (non-hydrogen) atoms. The summed E-state index contributed by atoms with van der Waals surface area (Å²) < 4.78 is 40.5. The highest BCUT2D eigenvalue weighted by Gasteiger charge is 2.34. The van der Waals surface area contributed by atoms with Crippen molar-refractivity contribution in [2.45, 2.75) is 19.1 Å². The fraction of sp³-hybridized carbons (Fsp3) is 0.318. The standard InChI is InChI=1S/C22H22F3N5/c23-22(24,25)19-15-20(28-21(27-19)18-7-9-26-10-8-18)30-12-4-11-29(13-14-30)16-17-5-2-1-3-6-17/h1-3,5-10,15H,4,11-14,16H2. The van der Waals surface area contributed by atoms with Crippen molar-refractivity contribution in [1.29, 1.82) is 0 Å². The molecule has 1 aromatic carbocycles. The molecule has 0 unspecified atom stereocenters. The molecule has 0 amide bonds. The quantitative estimate of drug-likeness (QED) is 0.639. The number of pyridine rings is 1. The van der Waals surface area contributed by atoms with Crippen molar-refractivity contribution in [3.63, 3.8) is 0 Å². The van der Waals surface area contributed by atoms with Crippen LogP contribution in [0, 0.1) is 0 Å². The summed E-state index contributed by atoms with van der Waals surface area (Å²) in [6, 6.07) is 14.5. The Balaban J connectivity index is 1.57. The molecular formula is C22H22F3N5. The Labute approximate surface area is 173 Å². The van der Waals surface area contributed by atoms with Gasteiger partial charge in [0.2, 0.25) is 0 Å². The third-order valence-electron chi connectivity index (χ3n) is 5.10. The molecule has 156 valence electrons. The van der Waals surface area contributed by atoms with Gasteiger partial charge in [-0.1, -0.05) is 30.3 Å². The highest BCUT2D eigenvalue weighted by Crippen LogP contribution is 2.32. The highest BCUT2D eigenvalue weighted by molar-refractivity contribution is 5.57. The zero-order valence-corrected chi connectivity index (χ0v) is 16.4. The largest absolute Gasteiger partial charge is 0.433 e. The molecule has 0 N–H and O–H groups in total. The smallest absolute Gasteiger partial charge is 0.355 e. The van der Waals surface area contributed by atoms with Gasteiger partial charge in [-0.05, 0) is 24.1 Å². The first-order chi connectivity index (χ1) is 14.5. The van der Waals surface area contributed by atoms with Crippen LogP contribution in [-0.4, -0.2) is 46.0 Å². The fourth-order valence-corrected chi connectivity index (χ4v) is 3.57. The molecule has 3 aromatic rings. The van der Waals surface area contributed by atoms with Crippen molar-refractivity contribution in [3.05, 3.63) is 72.2 Å². The zero-order chi connectivity index (χ0) is 21.0. The van der Waals surface area contributed by atoms with Crippen molar-refractivity contribution in [2.75, 3.05) is 31.1 Å². The Morgan fingerprint density at radius 1 is 0.867 bits per heavy atom. The molecule has 1 fully saturated rings. The first kappa shape index (κ1) is 20.3. The predicted molar refractivity (Wildman–Crippen MR) is 109 cm³/mol. The van der Waals surface area contributed by atoms with Crippen LogP contribution < -0.4 is 4.90 Å². The van der Waals surface area contributed by atoms with E-state index in [1.165, 1.54) is 18.0 Å². The molecule has 0 saturated carbocycles. The van der Waals surface area contributed by atoms with Crippen LogP contribution in [0.2, 0.25) is 0 Å². The summed E-state index contributed by atoms with van der Waals surface area (Å²) in [4.78, 5) is 16.4. The lowest BCUT2D eigenvalue weighted by Crippen LogP contribution is -2.31. The number of hydrogen-bond donors (Lipinski definition) is 0. The van der Waals surface area contributed by atoms with Gasteiger partial charge in [-0.2, -0.15) is 13.2 Å². The number of nitrogens with zero attached hydrogens (tertiary/aromatic N) is 5. The average Bonchev–Trinajstić information content (AvgIpc) is 3.00. The van der Waals surface area contributed by atoms with E-state index >= 15 is 0 Å². The van der Waals surface area contributed by atoms with E-state index in [2.05, 4.69) is 32.0 Å². The summed E-state index contributed by atoms with van der Waals surface area (Å²) >= 11 is 0. The van der Waals surface area contributed by atoms with E-state index in [1.54, 1.807) is 12.1 Å². The molecule has 0 radical (unpaired) electrons. The number of anilines is 1. The molecule has 1 aliphatic heterocycles.